The molecule has 4 rings (SSSR count). The molecule has 2 aromatic carbocycles. The zero-order valence-corrected chi connectivity index (χ0v) is 21.7. The summed E-state index contributed by atoms with van der Waals surface area (Å²) in [6.45, 7) is 5.52. The maximum atomic E-state index is 9.65. The summed E-state index contributed by atoms with van der Waals surface area (Å²) in [5, 5.41) is 17.8. The number of fused-ring (bicyclic) bond motifs is 1. The molecule has 3 aromatic rings. The Morgan fingerprint density at radius 1 is 1.00 bits per heavy atom. The largest absolute Gasteiger partial charge is 0.393 e. The van der Waals surface area contributed by atoms with E-state index in [1.807, 2.05) is 7.05 Å². The number of para-hydroxylation sites is 1. The monoisotopic (exact) mass is 561 g/mol. The highest BCUT2D eigenvalue weighted by molar-refractivity contribution is 14.0. The second kappa shape index (κ2) is 13.0. The molecule has 0 spiro atoms. The number of aliphatic hydroxyl groups is 1. The fourth-order valence-electron chi connectivity index (χ4n) is 4.30. The molecular weight excluding hydrogens is 525 g/mol. The lowest BCUT2D eigenvalue weighted by Crippen LogP contribution is -2.37. The van der Waals surface area contributed by atoms with Crippen molar-refractivity contribution < 1.29 is 5.11 Å². The van der Waals surface area contributed by atoms with Gasteiger partial charge in [0.1, 0.15) is 0 Å². The standard InChI is InChI=1S/C26H35N5O.HI/c1-27-26(28-14-4-15-31-18-11-23-5-2-3-6-25(23)31)29-19-21-7-9-22(10-8-21)20-30-16-12-24(32)13-17-30;/h2-3,5-11,18,24,32H,4,12-17,19-20H2,1H3,(H2,27,28,29);1H. The lowest BCUT2D eigenvalue weighted by molar-refractivity contribution is 0.0792. The Hall–Kier alpha value is -2.10. The Morgan fingerprint density at radius 2 is 1.73 bits per heavy atom. The molecule has 7 heteroatoms. The Kier molecular flexibility index (Phi) is 10.0. The van der Waals surface area contributed by atoms with Crippen LogP contribution in [0.3, 0.4) is 0 Å². The van der Waals surface area contributed by atoms with Crippen molar-refractivity contribution in [1.29, 1.82) is 0 Å². The second-order valence-electron chi connectivity index (χ2n) is 8.60. The van der Waals surface area contributed by atoms with Crippen molar-refractivity contribution in [2.45, 2.75) is 45.0 Å². The number of guanidine groups is 1. The smallest absolute Gasteiger partial charge is 0.191 e. The van der Waals surface area contributed by atoms with Crippen LogP contribution in [0.5, 0.6) is 0 Å². The number of hydrogen-bond acceptors (Lipinski definition) is 3. The number of likely N-dealkylation sites (tertiary alicyclic amines) is 1. The van der Waals surface area contributed by atoms with Gasteiger partial charge in [0.2, 0.25) is 0 Å². The van der Waals surface area contributed by atoms with Crippen molar-refractivity contribution in [3.8, 4) is 0 Å². The maximum absolute atomic E-state index is 9.65. The number of halogens is 1. The molecule has 0 amide bonds. The average Bonchev–Trinajstić information content (AvgIpc) is 3.24. The molecule has 0 saturated carbocycles. The van der Waals surface area contributed by atoms with Gasteiger partial charge in [-0.25, -0.2) is 0 Å². The molecule has 1 aliphatic heterocycles. The zero-order chi connectivity index (χ0) is 22.2. The van der Waals surface area contributed by atoms with E-state index in [0.29, 0.717) is 0 Å². The van der Waals surface area contributed by atoms with Gasteiger partial charge in [-0.05, 0) is 47.9 Å². The van der Waals surface area contributed by atoms with E-state index in [1.54, 1.807) is 0 Å². The summed E-state index contributed by atoms with van der Waals surface area (Å²) in [5.74, 6) is 0.832. The highest BCUT2D eigenvalue weighted by Crippen LogP contribution is 2.16. The first-order valence-corrected chi connectivity index (χ1v) is 11.7. The average molecular weight is 562 g/mol. The van der Waals surface area contributed by atoms with Crippen LogP contribution in [0.1, 0.15) is 30.4 Å². The molecule has 0 aliphatic carbocycles. The number of piperidine rings is 1. The molecule has 1 aliphatic rings. The normalized spacial score (nSPS) is 15.4. The van der Waals surface area contributed by atoms with Gasteiger partial charge in [-0.2, -0.15) is 0 Å². The fourth-order valence-corrected chi connectivity index (χ4v) is 4.30. The SMILES string of the molecule is CN=C(NCCCn1ccc2ccccc21)NCc1ccc(CN2CCC(O)CC2)cc1.I. The number of hydrogen-bond donors (Lipinski definition) is 3. The predicted octanol–water partition coefficient (Wildman–Crippen LogP) is 3.97. The van der Waals surface area contributed by atoms with Crippen LogP contribution in [0.2, 0.25) is 0 Å². The third-order valence-electron chi connectivity index (χ3n) is 6.22. The highest BCUT2D eigenvalue weighted by Gasteiger charge is 2.16. The number of aryl methyl sites for hydroxylation is 1. The number of benzene rings is 2. The lowest BCUT2D eigenvalue weighted by atomic mass is 10.1. The lowest BCUT2D eigenvalue weighted by Gasteiger charge is -2.29. The summed E-state index contributed by atoms with van der Waals surface area (Å²) in [5.41, 5.74) is 3.85. The summed E-state index contributed by atoms with van der Waals surface area (Å²) in [7, 11) is 1.81. The van der Waals surface area contributed by atoms with Gasteiger partial charge in [0.15, 0.2) is 5.96 Å². The molecule has 0 radical (unpaired) electrons. The van der Waals surface area contributed by atoms with Crippen molar-refractivity contribution in [1.82, 2.24) is 20.1 Å². The molecule has 2 heterocycles. The van der Waals surface area contributed by atoms with Crippen molar-refractivity contribution >= 4 is 40.8 Å². The Morgan fingerprint density at radius 3 is 2.48 bits per heavy atom. The minimum absolute atomic E-state index is 0. The molecule has 6 nitrogen and oxygen atoms in total. The van der Waals surface area contributed by atoms with Crippen LogP contribution < -0.4 is 10.6 Å². The maximum Gasteiger partial charge on any atom is 0.191 e. The molecule has 33 heavy (non-hydrogen) atoms. The molecule has 0 atom stereocenters. The van der Waals surface area contributed by atoms with Crippen LogP contribution in [0.25, 0.3) is 10.9 Å². The molecule has 1 saturated heterocycles. The number of nitrogens with one attached hydrogen (secondary N) is 2. The molecule has 3 N–H and O–H groups in total. The molecule has 0 bridgehead atoms. The Labute approximate surface area is 214 Å². The number of aliphatic imine (C=N–C) groups is 1. The van der Waals surface area contributed by atoms with E-state index in [1.165, 1.54) is 22.0 Å². The molecule has 0 unspecified atom stereocenters. The molecule has 178 valence electrons. The summed E-state index contributed by atoms with van der Waals surface area (Å²) in [6, 6.07) is 19.5. The Bertz CT molecular complexity index is 1010. The van der Waals surface area contributed by atoms with E-state index in [0.717, 1.165) is 64.5 Å². The van der Waals surface area contributed by atoms with Crippen LogP contribution >= 0.6 is 24.0 Å². The first-order chi connectivity index (χ1) is 15.7. The topological polar surface area (TPSA) is 64.8 Å². The van der Waals surface area contributed by atoms with Crippen LogP contribution in [-0.4, -0.2) is 53.3 Å². The summed E-state index contributed by atoms with van der Waals surface area (Å²) < 4.78 is 2.31. The number of aromatic nitrogens is 1. The second-order valence-corrected chi connectivity index (χ2v) is 8.60. The van der Waals surface area contributed by atoms with Gasteiger partial charge < -0.3 is 20.3 Å². The molecule has 1 aromatic heterocycles. The first kappa shape index (κ1) is 25.5. The first-order valence-electron chi connectivity index (χ1n) is 11.7. The Balaban J connectivity index is 0.00000306. The van der Waals surface area contributed by atoms with Gasteiger partial charge in [-0.15, -0.1) is 24.0 Å². The van der Waals surface area contributed by atoms with E-state index in [-0.39, 0.29) is 30.1 Å². The summed E-state index contributed by atoms with van der Waals surface area (Å²) in [6.07, 6.45) is 4.85. The molecular formula is C26H36IN5O. The van der Waals surface area contributed by atoms with E-state index in [9.17, 15) is 5.11 Å². The zero-order valence-electron chi connectivity index (χ0n) is 19.4. The minimum atomic E-state index is -0.114. The van der Waals surface area contributed by atoms with Crippen molar-refractivity contribution in [3.63, 3.8) is 0 Å². The fraction of sp³-hybridized carbons (Fsp3) is 0.423. The van der Waals surface area contributed by atoms with Crippen molar-refractivity contribution in [2.75, 3.05) is 26.7 Å². The van der Waals surface area contributed by atoms with Crippen molar-refractivity contribution in [2.24, 2.45) is 4.99 Å². The molecule has 1 fully saturated rings. The van der Waals surface area contributed by atoms with Crippen LogP contribution in [0, 0.1) is 0 Å². The van der Waals surface area contributed by atoms with Crippen LogP contribution in [-0.2, 0) is 19.6 Å². The van der Waals surface area contributed by atoms with E-state index < -0.39 is 0 Å². The third-order valence-corrected chi connectivity index (χ3v) is 6.22. The number of nitrogens with zero attached hydrogens (tertiary/aromatic N) is 3. The predicted molar refractivity (Wildman–Crippen MR) is 147 cm³/mol. The van der Waals surface area contributed by atoms with Gasteiger partial charge >= 0.3 is 0 Å². The van der Waals surface area contributed by atoms with Gasteiger partial charge in [-0.1, -0.05) is 42.5 Å². The van der Waals surface area contributed by atoms with Crippen LogP contribution in [0.15, 0.2) is 65.8 Å². The summed E-state index contributed by atoms with van der Waals surface area (Å²) in [4.78, 5) is 6.77. The van der Waals surface area contributed by atoms with Gasteiger partial charge in [-0.3, -0.25) is 9.89 Å². The van der Waals surface area contributed by atoms with Gasteiger partial charge in [0.25, 0.3) is 0 Å². The highest BCUT2D eigenvalue weighted by atomic mass is 127. The van der Waals surface area contributed by atoms with E-state index >= 15 is 0 Å². The van der Waals surface area contributed by atoms with E-state index in [4.69, 9.17) is 0 Å². The summed E-state index contributed by atoms with van der Waals surface area (Å²) >= 11 is 0. The van der Waals surface area contributed by atoms with Crippen LogP contribution in [0.4, 0.5) is 0 Å². The third kappa shape index (κ3) is 7.45. The number of rotatable bonds is 8. The van der Waals surface area contributed by atoms with E-state index in [2.05, 4.69) is 85.9 Å². The van der Waals surface area contributed by atoms with Crippen molar-refractivity contribution in [3.05, 3.63) is 71.9 Å². The van der Waals surface area contributed by atoms with Gasteiger partial charge in [0.05, 0.1) is 6.10 Å². The van der Waals surface area contributed by atoms with Gasteiger partial charge in [0, 0.05) is 58.0 Å². The minimum Gasteiger partial charge on any atom is -0.393 e. The number of aliphatic hydroxyl groups excluding tert-OH is 1. The quantitative estimate of drug-likeness (QED) is 0.169.